The van der Waals surface area contributed by atoms with Gasteiger partial charge in [-0.3, -0.25) is 0 Å². The van der Waals surface area contributed by atoms with Crippen LogP contribution in [0.1, 0.15) is 5.82 Å². The number of nitrogens with two attached hydrogens (primary N) is 1. The fourth-order valence-electron chi connectivity index (χ4n) is 1.62. The van der Waals surface area contributed by atoms with E-state index in [1.165, 1.54) is 11.3 Å². The summed E-state index contributed by atoms with van der Waals surface area (Å²) in [6.45, 7) is 0. The Morgan fingerprint density at radius 3 is 3.00 bits per heavy atom. The fourth-order valence-corrected chi connectivity index (χ4v) is 3.31. The van der Waals surface area contributed by atoms with Crippen LogP contribution >= 0.6 is 34.7 Å². The Kier molecular flexibility index (Phi) is 3.95. The molecule has 0 fully saturated rings. The number of hydrogen-bond acceptors (Lipinski definition) is 6. The third-order valence-electron chi connectivity index (χ3n) is 2.56. The summed E-state index contributed by atoms with van der Waals surface area (Å²) in [6, 6.07) is 9.54. The van der Waals surface area contributed by atoms with E-state index in [2.05, 4.69) is 10.1 Å². The highest BCUT2D eigenvalue weighted by Gasteiger charge is 2.12. The van der Waals surface area contributed by atoms with Crippen LogP contribution in [0, 0.1) is 0 Å². The zero-order chi connectivity index (χ0) is 13.9. The van der Waals surface area contributed by atoms with Gasteiger partial charge in [0.05, 0.1) is 16.3 Å². The fraction of sp³-hybridized carbons (Fsp3) is 0.0769. The first-order valence-electron chi connectivity index (χ1n) is 5.76. The van der Waals surface area contributed by atoms with Crippen molar-refractivity contribution in [2.24, 2.45) is 0 Å². The molecule has 2 aromatic heterocycles. The lowest BCUT2D eigenvalue weighted by molar-refractivity contribution is 0.425. The highest BCUT2D eigenvalue weighted by atomic mass is 35.5. The number of hydrogen-bond donors (Lipinski definition) is 1. The molecule has 0 aliphatic carbocycles. The second kappa shape index (κ2) is 5.87. The minimum atomic E-state index is 0.463. The van der Waals surface area contributed by atoms with Gasteiger partial charge in [-0.15, -0.1) is 23.1 Å². The topological polar surface area (TPSA) is 64.9 Å². The molecular formula is C13H10ClN3OS2. The summed E-state index contributed by atoms with van der Waals surface area (Å²) >= 11 is 8.99. The van der Waals surface area contributed by atoms with E-state index in [4.69, 9.17) is 21.9 Å². The predicted molar refractivity (Wildman–Crippen MR) is 83.0 cm³/mol. The Balaban J connectivity index is 1.70. The van der Waals surface area contributed by atoms with E-state index >= 15 is 0 Å². The molecule has 1 aromatic carbocycles. The molecule has 2 N–H and O–H groups in total. The lowest BCUT2D eigenvalue weighted by Crippen LogP contribution is -1.86. The Morgan fingerprint density at radius 2 is 2.25 bits per heavy atom. The second-order valence-corrected chi connectivity index (χ2v) is 6.39. The van der Waals surface area contributed by atoms with Crippen molar-refractivity contribution in [3.05, 3.63) is 46.6 Å². The molecule has 0 unspecified atom stereocenters. The molecule has 2 heterocycles. The summed E-state index contributed by atoms with van der Waals surface area (Å²) < 4.78 is 5.23. The zero-order valence-electron chi connectivity index (χ0n) is 10.2. The van der Waals surface area contributed by atoms with Gasteiger partial charge in [0.1, 0.15) is 0 Å². The summed E-state index contributed by atoms with van der Waals surface area (Å²) in [5.74, 6) is 1.72. The van der Waals surface area contributed by atoms with Gasteiger partial charge in [-0.25, -0.2) is 0 Å². The standard InChI is InChI=1S/C13H10ClN3OS2/c14-8-2-1-3-9(6-8)20-7-11-16-13(18-17-11)10-4-5-19-12(10)15/h1-6H,7,15H2. The van der Waals surface area contributed by atoms with E-state index in [9.17, 15) is 0 Å². The van der Waals surface area contributed by atoms with Gasteiger partial charge < -0.3 is 10.3 Å². The van der Waals surface area contributed by atoms with Gasteiger partial charge in [-0.2, -0.15) is 4.98 Å². The van der Waals surface area contributed by atoms with Crippen LogP contribution in [0.4, 0.5) is 5.00 Å². The molecule has 4 nitrogen and oxygen atoms in total. The van der Waals surface area contributed by atoms with Crippen molar-refractivity contribution in [2.75, 3.05) is 5.73 Å². The molecule has 102 valence electrons. The third kappa shape index (κ3) is 2.98. The average molecular weight is 324 g/mol. The molecule has 7 heteroatoms. The van der Waals surface area contributed by atoms with Crippen molar-refractivity contribution < 1.29 is 4.52 Å². The maximum absolute atomic E-state index is 5.94. The van der Waals surface area contributed by atoms with Gasteiger partial charge >= 0.3 is 0 Å². The van der Waals surface area contributed by atoms with E-state index in [0.717, 1.165) is 15.5 Å². The van der Waals surface area contributed by atoms with E-state index in [0.29, 0.717) is 22.5 Å². The Morgan fingerprint density at radius 1 is 1.35 bits per heavy atom. The number of anilines is 1. The van der Waals surface area contributed by atoms with Crippen molar-refractivity contribution >= 4 is 39.7 Å². The van der Waals surface area contributed by atoms with Crippen molar-refractivity contribution in [3.63, 3.8) is 0 Å². The van der Waals surface area contributed by atoms with Crippen molar-refractivity contribution in [2.45, 2.75) is 10.6 Å². The van der Waals surface area contributed by atoms with Crippen LogP contribution in [0.15, 0.2) is 45.1 Å². The van der Waals surface area contributed by atoms with Gasteiger partial charge in [0, 0.05) is 9.92 Å². The molecule has 20 heavy (non-hydrogen) atoms. The van der Waals surface area contributed by atoms with Crippen LogP contribution in [0.2, 0.25) is 5.02 Å². The number of nitrogens with zero attached hydrogens (tertiary/aromatic N) is 2. The second-order valence-electron chi connectivity index (χ2n) is 3.96. The molecule has 3 aromatic rings. The van der Waals surface area contributed by atoms with Crippen LogP contribution in [0.5, 0.6) is 0 Å². The predicted octanol–water partition coefficient (Wildman–Crippen LogP) is 4.33. The number of nitrogen functional groups attached to an aromatic ring is 1. The molecule has 0 amide bonds. The average Bonchev–Trinajstić information content (AvgIpc) is 3.05. The van der Waals surface area contributed by atoms with Crippen molar-refractivity contribution in [3.8, 4) is 11.5 Å². The number of thioether (sulfide) groups is 1. The number of thiophene rings is 1. The maximum Gasteiger partial charge on any atom is 0.260 e. The Labute approximate surface area is 129 Å². The molecule has 0 saturated carbocycles. The molecule has 0 radical (unpaired) electrons. The lowest BCUT2D eigenvalue weighted by Gasteiger charge is -1.98. The monoisotopic (exact) mass is 323 g/mol. The van der Waals surface area contributed by atoms with Crippen LogP contribution in [0.25, 0.3) is 11.5 Å². The summed E-state index contributed by atoms with van der Waals surface area (Å²) in [5.41, 5.74) is 6.63. The summed E-state index contributed by atoms with van der Waals surface area (Å²) in [4.78, 5) is 5.41. The number of benzene rings is 1. The van der Waals surface area contributed by atoms with Gasteiger partial charge in [-0.05, 0) is 29.6 Å². The molecule has 0 atom stereocenters. The first kappa shape index (κ1) is 13.5. The van der Waals surface area contributed by atoms with Crippen LogP contribution in [0.3, 0.4) is 0 Å². The summed E-state index contributed by atoms with van der Waals surface area (Å²) in [7, 11) is 0. The molecule has 0 spiro atoms. The van der Waals surface area contributed by atoms with Gasteiger partial charge in [-0.1, -0.05) is 22.8 Å². The van der Waals surface area contributed by atoms with E-state index in [-0.39, 0.29) is 0 Å². The highest BCUT2D eigenvalue weighted by molar-refractivity contribution is 7.98. The lowest BCUT2D eigenvalue weighted by atomic mass is 10.3. The quantitative estimate of drug-likeness (QED) is 0.724. The van der Waals surface area contributed by atoms with Crippen molar-refractivity contribution in [1.29, 1.82) is 0 Å². The maximum atomic E-state index is 5.94. The van der Waals surface area contributed by atoms with Gasteiger partial charge in [0.25, 0.3) is 5.89 Å². The van der Waals surface area contributed by atoms with Crippen molar-refractivity contribution in [1.82, 2.24) is 10.1 Å². The Bertz CT molecular complexity index is 726. The zero-order valence-corrected chi connectivity index (χ0v) is 12.6. The van der Waals surface area contributed by atoms with Crippen LogP contribution in [-0.2, 0) is 5.75 Å². The smallest absolute Gasteiger partial charge is 0.260 e. The first-order valence-corrected chi connectivity index (χ1v) is 8.01. The normalized spacial score (nSPS) is 10.8. The summed E-state index contributed by atoms with van der Waals surface area (Å²) in [6.07, 6.45) is 0. The van der Waals surface area contributed by atoms with E-state index in [1.807, 2.05) is 35.7 Å². The largest absolute Gasteiger partial charge is 0.390 e. The molecule has 3 rings (SSSR count). The molecular weight excluding hydrogens is 314 g/mol. The summed E-state index contributed by atoms with van der Waals surface area (Å²) in [5, 5.41) is 7.26. The molecule has 0 bridgehead atoms. The first-order chi connectivity index (χ1) is 9.72. The van der Waals surface area contributed by atoms with E-state index in [1.54, 1.807) is 11.8 Å². The number of rotatable bonds is 4. The number of halogens is 1. The van der Waals surface area contributed by atoms with Gasteiger partial charge in [0.15, 0.2) is 5.82 Å². The molecule has 0 aliphatic rings. The molecule has 0 saturated heterocycles. The minimum Gasteiger partial charge on any atom is -0.390 e. The third-order valence-corrected chi connectivity index (χ3v) is 4.53. The molecule has 0 aliphatic heterocycles. The SMILES string of the molecule is Nc1sccc1-c1nc(CSc2cccc(Cl)c2)no1. The van der Waals surface area contributed by atoms with Crippen LogP contribution in [-0.4, -0.2) is 10.1 Å². The number of aromatic nitrogens is 2. The minimum absolute atomic E-state index is 0.463. The van der Waals surface area contributed by atoms with E-state index < -0.39 is 0 Å². The Hall–Kier alpha value is -1.50. The van der Waals surface area contributed by atoms with Crippen LogP contribution < -0.4 is 5.73 Å². The highest BCUT2D eigenvalue weighted by Crippen LogP contribution is 2.30. The van der Waals surface area contributed by atoms with Gasteiger partial charge in [0.2, 0.25) is 0 Å².